The van der Waals surface area contributed by atoms with E-state index in [0.717, 1.165) is 19.3 Å². The summed E-state index contributed by atoms with van der Waals surface area (Å²) in [6, 6.07) is 11.4. The molecule has 28 heavy (non-hydrogen) atoms. The van der Waals surface area contributed by atoms with Gasteiger partial charge in [-0.3, -0.25) is 4.79 Å². The van der Waals surface area contributed by atoms with Crippen molar-refractivity contribution in [3.8, 4) is 5.75 Å². The van der Waals surface area contributed by atoms with Gasteiger partial charge in [-0.25, -0.2) is 8.42 Å². The van der Waals surface area contributed by atoms with Crippen LogP contribution in [0.3, 0.4) is 0 Å². The maximum absolute atomic E-state index is 12.6. The monoisotopic (exact) mass is 410 g/mol. The van der Waals surface area contributed by atoms with Crippen molar-refractivity contribution in [1.29, 1.82) is 0 Å². The second kappa shape index (κ2) is 8.66. The summed E-state index contributed by atoms with van der Waals surface area (Å²) in [6.45, 7) is -2.03. The molecule has 0 aromatic heterocycles. The van der Waals surface area contributed by atoms with E-state index in [1.54, 1.807) is 6.07 Å². The summed E-state index contributed by atoms with van der Waals surface area (Å²) in [4.78, 5) is 12.5. The molecular formula is C19H20F2N2O4S. The SMILES string of the molecule is O=C(Nc1ccccc1OC(F)F)c1ccc(S(=O)(=O)N2CCCCC2)cc1. The molecule has 0 aliphatic carbocycles. The molecule has 2 aromatic rings. The van der Waals surface area contributed by atoms with Gasteiger partial charge in [0.2, 0.25) is 10.0 Å². The fourth-order valence-corrected chi connectivity index (χ4v) is 4.51. The topological polar surface area (TPSA) is 75.7 Å². The maximum Gasteiger partial charge on any atom is 0.387 e. The zero-order valence-electron chi connectivity index (χ0n) is 15.0. The highest BCUT2D eigenvalue weighted by atomic mass is 32.2. The number of carbonyl (C=O) groups excluding carboxylic acids is 1. The van der Waals surface area contributed by atoms with Crippen molar-refractivity contribution in [2.45, 2.75) is 30.8 Å². The molecule has 0 bridgehead atoms. The third-order valence-corrected chi connectivity index (χ3v) is 6.33. The second-order valence-electron chi connectivity index (χ2n) is 6.32. The van der Waals surface area contributed by atoms with Crippen molar-refractivity contribution in [2.24, 2.45) is 0 Å². The molecule has 1 amide bonds. The summed E-state index contributed by atoms with van der Waals surface area (Å²) < 4.78 is 56.1. The van der Waals surface area contributed by atoms with Gasteiger partial charge in [0.05, 0.1) is 10.6 Å². The number of halogens is 2. The summed E-state index contributed by atoms with van der Waals surface area (Å²) in [5.41, 5.74) is 0.294. The van der Waals surface area contributed by atoms with Crippen molar-refractivity contribution in [3.63, 3.8) is 0 Å². The Hall–Kier alpha value is -2.52. The number of piperidine rings is 1. The highest BCUT2D eigenvalue weighted by molar-refractivity contribution is 7.89. The zero-order chi connectivity index (χ0) is 20.1. The molecule has 6 nitrogen and oxygen atoms in total. The first-order valence-electron chi connectivity index (χ1n) is 8.83. The van der Waals surface area contributed by atoms with Crippen molar-refractivity contribution >= 4 is 21.6 Å². The summed E-state index contributed by atoms with van der Waals surface area (Å²) in [6.07, 6.45) is 2.68. The largest absolute Gasteiger partial charge is 0.433 e. The number of carbonyl (C=O) groups is 1. The second-order valence-corrected chi connectivity index (χ2v) is 8.26. The van der Waals surface area contributed by atoms with Crippen LogP contribution in [0.5, 0.6) is 5.75 Å². The number of ether oxygens (including phenoxy) is 1. The number of sulfonamides is 1. The molecule has 150 valence electrons. The number of para-hydroxylation sites is 2. The molecule has 2 aromatic carbocycles. The van der Waals surface area contributed by atoms with Crippen LogP contribution in [0.25, 0.3) is 0 Å². The van der Waals surface area contributed by atoms with Crippen LogP contribution in [-0.4, -0.2) is 38.3 Å². The number of hydrogen-bond donors (Lipinski definition) is 1. The number of rotatable bonds is 6. The van der Waals surface area contributed by atoms with E-state index in [9.17, 15) is 22.0 Å². The van der Waals surface area contributed by atoms with Gasteiger partial charge in [0.25, 0.3) is 5.91 Å². The number of anilines is 1. The number of alkyl halides is 2. The van der Waals surface area contributed by atoms with E-state index in [1.165, 1.54) is 46.8 Å². The van der Waals surface area contributed by atoms with Gasteiger partial charge in [-0.15, -0.1) is 0 Å². The average Bonchev–Trinajstić information content (AvgIpc) is 2.70. The minimum Gasteiger partial charge on any atom is -0.433 e. The lowest BCUT2D eigenvalue weighted by Crippen LogP contribution is -2.35. The molecule has 1 saturated heterocycles. The van der Waals surface area contributed by atoms with Crippen molar-refractivity contribution in [2.75, 3.05) is 18.4 Å². The van der Waals surface area contributed by atoms with Crippen molar-refractivity contribution in [1.82, 2.24) is 4.31 Å². The van der Waals surface area contributed by atoms with Gasteiger partial charge in [0.1, 0.15) is 5.75 Å². The molecule has 0 unspecified atom stereocenters. The van der Waals surface area contributed by atoms with E-state index in [2.05, 4.69) is 10.1 Å². The standard InChI is InChI=1S/C19H20F2N2O4S/c20-19(21)27-17-7-3-2-6-16(17)22-18(24)14-8-10-15(11-9-14)28(25,26)23-12-4-1-5-13-23/h2-3,6-11,19H,1,4-5,12-13H2,(H,22,24). The predicted molar refractivity (Wildman–Crippen MR) is 100 cm³/mol. The molecule has 1 aliphatic heterocycles. The first kappa shape index (κ1) is 20.2. The molecule has 0 atom stereocenters. The van der Waals surface area contributed by atoms with Crippen LogP contribution in [-0.2, 0) is 10.0 Å². The van der Waals surface area contributed by atoms with Crippen LogP contribution >= 0.6 is 0 Å². The first-order valence-corrected chi connectivity index (χ1v) is 10.3. The summed E-state index contributed by atoms with van der Waals surface area (Å²) >= 11 is 0. The van der Waals surface area contributed by atoms with Crippen LogP contribution in [0.2, 0.25) is 0 Å². The number of benzene rings is 2. The highest BCUT2D eigenvalue weighted by Crippen LogP contribution is 2.26. The Labute approximate surface area is 162 Å². The Morgan fingerprint density at radius 2 is 1.64 bits per heavy atom. The van der Waals surface area contributed by atoms with Crippen LogP contribution in [0, 0.1) is 0 Å². The van der Waals surface area contributed by atoms with E-state index in [-0.39, 0.29) is 21.9 Å². The minimum atomic E-state index is -3.59. The number of hydrogen-bond acceptors (Lipinski definition) is 4. The summed E-state index contributed by atoms with van der Waals surface area (Å²) in [7, 11) is -3.59. The number of nitrogens with zero attached hydrogens (tertiary/aromatic N) is 1. The van der Waals surface area contributed by atoms with E-state index >= 15 is 0 Å². The van der Waals surface area contributed by atoms with E-state index in [4.69, 9.17) is 0 Å². The normalized spacial score (nSPS) is 15.4. The van der Waals surface area contributed by atoms with Crippen LogP contribution in [0.1, 0.15) is 29.6 Å². The lowest BCUT2D eigenvalue weighted by atomic mass is 10.2. The molecule has 0 radical (unpaired) electrons. The number of nitrogens with one attached hydrogen (secondary N) is 1. The molecule has 9 heteroatoms. The Morgan fingerprint density at radius 1 is 1.00 bits per heavy atom. The van der Waals surface area contributed by atoms with E-state index < -0.39 is 22.5 Å². The maximum atomic E-state index is 12.6. The highest BCUT2D eigenvalue weighted by Gasteiger charge is 2.26. The predicted octanol–water partition coefficient (Wildman–Crippen LogP) is 3.71. The van der Waals surface area contributed by atoms with E-state index in [0.29, 0.717) is 13.1 Å². The molecule has 0 spiro atoms. The lowest BCUT2D eigenvalue weighted by molar-refractivity contribution is -0.0493. The first-order chi connectivity index (χ1) is 13.4. The molecule has 1 N–H and O–H groups in total. The third kappa shape index (κ3) is 4.66. The lowest BCUT2D eigenvalue weighted by Gasteiger charge is -2.25. The summed E-state index contributed by atoms with van der Waals surface area (Å²) in [5.74, 6) is -0.720. The summed E-state index contributed by atoms with van der Waals surface area (Å²) in [5, 5.41) is 2.50. The molecule has 1 fully saturated rings. The van der Waals surface area contributed by atoms with Gasteiger partial charge in [-0.2, -0.15) is 13.1 Å². The van der Waals surface area contributed by atoms with Crippen LogP contribution in [0.15, 0.2) is 53.4 Å². The fourth-order valence-electron chi connectivity index (χ4n) is 3.00. The van der Waals surface area contributed by atoms with Crippen LogP contribution < -0.4 is 10.1 Å². The number of amides is 1. The fraction of sp³-hybridized carbons (Fsp3) is 0.316. The van der Waals surface area contributed by atoms with Gasteiger partial charge >= 0.3 is 6.61 Å². The molecule has 3 rings (SSSR count). The van der Waals surface area contributed by atoms with Gasteiger partial charge in [-0.1, -0.05) is 18.6 Å². The Morgan fingerprint density at radius 3 is 2.29 bits per heavy atom. The third-order valence-electron chi connectivity index (χ3n) is 4.42. The van der Waals surface area contributed by atoms with Gasteiger partial charge in [0.15, 0.2) is 0 Å². The molecule has 1 heterocycles. The van der Waals surface area contributed by atoms with Gasteiger partial charge in [-0.05, 0) is 49.2 Å². The molecular weight excluding hydrogens is 390 g/mol. The molecule has 1 aliphatic rings. The minimum absolute atomic E-state index is 0.0952. The Balaban J connectivity index is 1.74. The van der Waals surface area contributed by atoms with Crippen molar-refractivity contribution in [3.05, 3.63) is 54.1 Å². The Bertz CT molecular complexity index is 927. The van der Waals surface area contributed by atoms with Crippen LogP contribution in [0.4, 0.5) is 14.5 Å². The average molecular weight is 410 g/mol. The van der Waals surface area contributed by atoms with Crippen molar-refractivity contribution < 1.29 is 26.7 Å². The smallest absolute Gasteiger partial charge is 0.387 e. The zero-order valence-corrected chi connectivity index (χ0v) is 15.8. The quantitative estimate of drug-likeness (QED) is 0.788. The Kier molecular flexibility index (Phi) is 6.25. The van der Waals surface area contributed by atoms with Gasteiger partial charge < -0.3 is 10.1 Å². The van der Waals surface area contributed by atoms with Gasteiger partial charge in [0, 0.05) is 18.7 Å². The molecule has 0 saturated carbocycles. The van der Waals surface area contributed by atoms with E-state index in [1.807, 2.05) is 0 Å².